The van der Waals surface area contributed by atoms with E-state index < -0.39 is 48.2 Å². The van der Waals surface area contributed by atoms with Gasteiger partial charge in [-0.2, -0.15) is 0 Å². The summed E-state index contributed by atoms with van der Waals surface area (Å²) in [6.45, 7) is 0. The first-order valence-corrected chi connectivity index (χ1v) is 12.3. The summed E-state index contributed by atoms with van der Waals surface area (Å²) in [5.41, 5.74) is 0.921. The molecule has 0 atom stereocenters. The molecule has 0 heterocycles. The van der Waals surface area contributed by atoms with E-state index in [1.807, 2.05) is 0 Å². The number of rotatable bonds is 12. The molecule has 0 aliphatic rings. The zero-order valence-electron chi connectivity index (χ0n) is 21.0. The largest absolute Gasteiger partial charge is 0.294 e. The van der Waals surface area contributed by atoms with Crippen LogP contribution in [-0.4, -0.2) is 34.7 Å². The summed E-state index contributed by atoms with van der Waals surface area (Å²) in [5.74, 6) is -3.07. The normalized spacial score (nSPS) is 10.5. The number of hydrogen-bond acceptors (Lipinski definition) is 6. The maximum atomic E-state index is 13.3. The van der Waals surface area contributed by atoms with Crippen molar-refractivity contribution in [3.8, 4) is 0 Å². The monoisotopic (exact) mass is 516 g/mol. The maximum Gasteiger partial charge on any atom is 0.171 e. The molecule has 39 heavy (non-hydrogen) atoms. The first-order valence-electron chi connectivity index (χ1n) is 12.3. The molecule has 0 aliphatic carbocycles. The van der Waals surface area contributed by atoms with E-state index in [0.29, 0.717) is 16.7 Å². The van der Waals surface area contributed by atoms with Crippen LogP contribution in [0.15, 0.2) is 109 Å². The zero-order chi connectivity index (χ0) is 27.8. The first kappa shape index (κ1) is 26.9. The SMILES string of the molecule is O=C(CC(=O)c1ccc(C(=O)CC(=O)c2ccccc2)c(C(=O)CC(=O)c2ccccc2)c1)c1ccccc1. The van der Waals surface area contributed by atoms with Crippen LogP contribution in [0.4, 0.5) is 0 Å². The van der Waals surface area contributed by atoms with Crippen LogP contribution in [0.1, 0.15) is 81.4 Å². The molecule has 0 aliphatic heterocycles. The summed E-state index contributed by atoms with van der Waals surface area (Å²) in [6.07, 6.45) is -1.45. The number of carbonyl (C=O) groups excluding carboxylic acids is 6. The lowest BCUT2D eigenvalue weighted by atomic mass is 9.90. The average Bonchev–Trinajstić information content (AvgIpc) is 2.98. The van der Waals surface area contributed by atoms with Gasteiger partial charge in [0.05, 0.1) is 19.3 Å². The quantitative estimate of drug-likeness (QED) is 0.168. The number of hydrogen-bond donors (Lipinski definition) is 0. The Labute approximate surface area is 225 Å². The fourth-order valence-corrected chi connectivity index (χ4v) is 4.10. The van der Waals surface area contributed by atoms with E-state index in [0.717, 1.165) is 0 Å². The van der Waals surface area contributed by atoms with E-state index in [-0.39, 0.29) is 22.5 Å². The molecule has 0 fully saturated rings. The van der Waals surface area contributed by atoms with Gasteiger partial charge in [-0.05, 0) is 12.1 Å². The Bertz CT molecular complexity index is 1550. The van der Waals surface area contributed by atoms with Crippen LogP contribution in [-0.2, 0) is 0 Å². The number of Topliss-reactive ketones (excluding diaryl/α,β-unsaturated/α-hetero) is 6. The lowest BCUT2D eigenvalue weighted by Gasteiger charge is -2.11. The molecule has 4 rings (SSSR count). The summed E-state index contributed by atoms with van der Waals surface area (Å²) in [6, 6.07) is 28.8. The van der Waals surface area contributed by atoms with Crippen molar-refractivity contribution in [1.29, 1.82) is 0 Å². The molecule has 0 saturated heterocycles. The first-order chi connectivity index (χ1) is 18.8. The van der Waals surface area contributed by atoms with Crippen LogP contribution in [0, 0.1) is 0 Å². The predicted octanol–water partition coefficient (Wildman–Crippen LogP) is 6.05. The van der Waals surface area contributed by atoms with Gasteiger partial charge in [-0.1, -0.05) is 97.1 Å². The summed E-state index contributed by atoms with van der Waals surface area (Å²) in [7, 11) is 0. The molecule has 0 spiro atoms. The molecule has 4 aromatic rings. The van der Waals surface area contributed by atoms with Crippen molar-refractivity contribution in [2.75, 3.05) is 0 Å². The van der Waals surface area contributed by atoms with Crippen LogP contribution in [0.2, 0.25) is 0 Å². The fourth-order valence-electron chi connectivity index (χ4n) is 4.10. The fraction of sp³-hybridized carbons (Fsp3) is 0.0909. The average molecular weight is 517 g/mol. The highest BCUT2D eigenvalue weighted by Crippen LogP contribution is 2.21. The molecule has 0 saturated carbocycles. The molecule has 0 unspecified atom stereocenters. The van der Waals surface area contributed by atoms with Gasteiger partial charge < -0.3 is 0 Å². The van der Waals surface area contributed by atoms with Gasteiger partial charge in [0.2, 0.25) is 0 Å². The van der Waals surface area contributed by atoms with Gasteiger partial charge >= 0.3 is 0 Å². The van der Waals surface area contributed by atoms with E-state index in [1.54, 1.807) is 91.0 Å². The third-order valence-corrected chi connectivity index (χ3v) is 6.19. The van der Waals surface area contributed by atoms with Gasteiger partial charge in [0.25, 0.3) is 0 Å². The third-order valence-electron chi connectivity index (χ3n) is 6.19. The molecule has 192 valence electrons. The van der Waals surface area contributed by atoms with Crippen LogP contribution in [0.25, 0.3) is 0 Å². The highest BCUT2D eigenvalue weighted by molar-refractivity contribution is 6.21. The van der Waals surface area contributed by atoms with E-state index in [2.05, 4.69) is 0 Å². The molecule has 4 aromatic carbocycles. The predicted molar refractivity (Wildman–Crippen MR) is 146 cm³/mol. The second kappa shape index (κ2) is 12.4. The van der Waals surface area contributed by atoms with Crippen molar-refractivity contribution in [1.82, 2.24) is 0 Å². The third kappa shape index (κ3) is 6.81. The Morgan fingerprint density at radius 1 is 0.333 bits per heavy atom. The lowest BCUT2D eigenvalue weighted by molar-refractivity contribution is 0.0862. The highest BCUT2D eigenvalue weighted by Gasteiger charge is 2.24. The van der Waals surface area contributed by atoms with Crippen LogP contribution < -0.4 is 0 Å². The minimum absolute atomic E-state index is 0.0562. The van der Waals surface area contributed by atoms with Crippen LogP contribution in [0.5, 0.6) is 0 Å². The molecule has 0 N–H and O–H groups in total. The maximum absolute atomic E-state index is 13.3. The molecule has 0 aromatic heterocycles. The van der Waals surface area contributed by atoms with E-state index in [9.17, 15) is 28.8 Å². The second-order valence-corrected chi connectivity index (χ2v) is 8.93. The Morgan fingerprint density at radius 2 is 0.667 bits per heavy atom. The van der Waals surface area contributed by atoms with Gasteiger partial charge in [-0.15, -0.1) is 0 Å². The standard InChI is InChI=1S/C33H24O6/c34-28(22-10-4-1-5-11-22)19-31(37)25-16-17-26(32(38)20-29(35)23-12-6-2-7-13-23)27(18-25)33(39)21-30(36)24-14-8-3-9-15-24/h1-18H,19-21H2. The van der Waals surface area contributed by atoms with E-state index >= 15 is 0 Å². The summed E-state index contributed by atoms with van der Waals surface area (Å²) >= 11 is 0. The Kier molecular flexibility index (Phi) is 8.59. The summed E-state index contributed by atoms with van der Waals surface area (Å²) < 4.78 is 0. The second-order valence-electron chi connectivity index (χ2n) is 8.93. The van der Waals surface area contributed by atoms with Crippen LogP contribution >= 0.6 is 0 Å². The zero-order valence-corrected chi connectivity index (χ0v) is 21.0. The Morgan fingerprint density at radius 3 is 1.08 bits per heavy atom. The number of benzene rings is 4. The smallest absolute Gasteiger partial charge is 0.171 e. The van der Waals surface area contributed by atoms with Crippen molar-refractivity contribution < 1.29 is 28.8 Å². The van der Waals surface area contributed by atoms with Gasteiger partial charge in [0, 0.05) is 33.4 Å². The molecule has 0 amide bonds. The Hall–Kier alpha value is -5.10. The molecule has 6 nitrogen and oxygen atoms in total. The van der Waals surface area contributed by atoms with Gasteiger partial charge in [-0.25, -0.2) is 0 Å². The molecular weight excluding hydrogens is 492 g/mol. The molecule has 0 radical (unpaired) electrons. The van der Waals surface area contributed by atoms with E-state index in [1.165, 1.54) is 18.2 Å². The van der Waals surface area contributed by atoms with Gasteiger partial charge in [0.1, 0.15) is 0 Å². The van der Waals surface area contributed by atoms with Crippen molar-refractivity contribution in [3.05, 3.63) is 143 Å². The Balaban J connectivity index is 1.62. The van der Waals surface area contributed by atoms with Crippen molar-refractivity contribution >= 4 is 34.7 Å². The highest BCUT2D eigenvalue weighted by atomic mass is 16.2. The van der Waals surface area contributed by atoms with Crippen molar-refractivity contribution in [2.45, 2.75) is 19.3 Å². The molecular formula is C33H24O6. The minimum Gasteiger partial charge on any atom is -0.294 e. The van der Waals surface area contributed by atoms with Gasteiger partial charge in [0.15, 0.2) is 34.7 Å². The van der Waals surface area contributed by atoms with Crippen molar-refractivity contribution in [2.24, 2.45) is 0 Å². The van der Waals surface area contributed by atoms with Gasteiger partial charge in [-0.3, -0.25) is 28.8 Å². The van der Waals surface area contributed by atoms with Crippen molar-refractivity contribution in [3.63, 3.8) is 0 Å². The number of carbonyl (C=O) groups is 6. The lowest BCUT2D eigenvalue weighted by Crippen LogP contribution is -2.17. The van der Waals surface area contributed by atoms with E-state index in [4.69, 9.17) is 0 Å². The molecule has 6 heteroatoms. The minimum atomic E-state index is -0.664. The summed E-state index contributed by atoms with van der Waals surface area (Å²) in [4.78, 5) is 77.3. The topological polar surface area (TPSA) is 102 Å². The van der Waals surface area contributed by atoms with Crippen LogP contribution in [0.3, 0.4) is 0 Å². The molecule has 0 bridgehead atoms. The summed E-state index contributed by atoms with van der Waals surface area (Å²) in [5, 5.41) is 0. The number of ketones is 6.